The maximum absolute atomic E-state index is 11.8. The fraction of sp³-hybridized carbons (Fsp3) is 0.615. The Balaban J connectivity index is 2.48. The van der Waals surface area contributed by atoms with E-state index in [1.54, 1.807) is 0 Å². The molecular formula is C13H21N3O3S. The monoisotopic (exact) mass is 299 g/mol. The van der Waals surface area contributed by atoms with E-state index in [0.717, 1.165) is 17.9 Å². The summed E-state index contributed by atoms with van der Waals surface area (Å²) >= 11 is 1.04. The molecule has 1 amide bonds. The number of carboxylic acids is 1. The first kappa shape index (κ1) is 16.6. The normalized spacial score (nSPS) is 11.3. The molecule has 0 aromatic carbocycles. The van der Waals surface area contributed by atoms with Gasteiger partial charge in [-0.3, -0.25) is 9.69 Å². The van der Waals surface area contributed by atoms with Crippen molar-refractivity contribution in [2.75, 3.05) is 13.1 Å². The summed E-state index contributed by atoms with van der Waals surface area (Å²) in [7, 11) is 0. The number of amides is 1. The largest absolute Gasteiger partial charge is 0.476 e. The predicted octanol–water partition coefficient (Wildman–Crippen LogP) is 1.69. The van der Waals surface area contributed by atoms with Gasteiger partial charge in [-0.2, -0.15) is 0 Å². The zero-order valence-corrected chi connectivity index (χ0v) is 13.0. The summed E-state index contributed by atoms with van der Waals surface area (Å²) in [6.07, 6.45) is 0. The van der Waals surface area contributed by atoms with Crippen molar-refractivity contribution in [3.05, 3.63) is 16.1 Å². The number of hydrogen-bond acceptors (Lipinski definition) is 5. The molecule has 0 radical (unpaired) electrons. The van der Waals surface area contributed by atoms with E-state index in [2.05, 4.69) is 42.9 Å². The Kier molecular flexibility index (Phi) is 6.09. The maximum Gasteiger partial charge on any atom is 0.355 e. The van der Waals surface area contributed by atoms with Crippen molar-refractivity contribution < 1.29 is 14.7 Å². The Morgan fingerprint density at radius 1 is 1.35 bits per heavy atom. The molecule has 1 heterocycles. The molecule has 0 saturated carbocycles. The summed E-state index contributed by atoms with van der Waals surface area (Å²) in [5.74, 6) is -1.44. The van der Waals surface area contributed by atoms with Gasteiger partial charge in [-0.05, 0) is 27.7 Å². The Hall–Kier alpha value is -1.47. The van der Waals surface area contributed by atoms with Gasteiger partial charge in [0.2, 0.25) is 0 Å². The van der Waals surface area contributed by atoms with Crippen LogP contribution in [0.15, 0.2) is 5.38 Å². The highest BCUT2D eigenvalue weighted by Gasteiger charge is 2.16. The van der Waals surface area contributed by atoms with Crippen LogP contribution in [-0.4, -0.2) is 52.0 Å². The Labute approximate surface area is 122 Å². The van der Waals surface area contributed by atoms with Gasteiger partial charge in [0.05, 0.1) is 0 Å². The Morgan fingerprint density at radius 3 is 2.40 bits per heavy atom. The molecule has 0 bridgehead atoms. The van der Waals surface area contributed by atoms with Crippen LogP contribution >= 0.6 is 11.3 Å². The smallest absolute Gasteiger partial charge is 0.355 e. The van der Waals surface area contributed by atoms with Gasteiger partial charge in [0.15, 0.2) is 10.7 Å². The zero-order chi connectivity index (χ0) is 15.3. The lowest BCUT2D eigenvalue weighted by molar-refractivity contribution is 0.0691. The van der Waals surface area contributed by atoms with Crippen LogP contribution in [0.4, 0.5) is 0 Å². The van der Waals surface area contributed by atoms with Gasteiger partial charge < -0.3 is 10.4 Å². The number of rotatable bonds is 7. The zero-order valence-electron chi connectivity index (χ0n) is 12.2. The van der Waals surface area contributed by atoms with Crippen LogP contribution in [0.2, 0.25) is 0 Å². The summed E-state index contributed by atoms with van der Waals surface area (Å²) in [5, 5.41) is 13.1. The minimum atomic E-state index is -1.12. The molecule has 1 rings (SSSR count). The molecule has 112 valence electrons. The van der Waals surface area contributed by atoms with Gasteiger partial charge >= 0.3 is 5.97 Å². The highest BCUT2D eigenvalue weighted by atomic mass is 32.1. The van der Waals surface area contributed by atoms with Crippen molar-refractivity contribution in [1.29, 1.82) is 0 Å². The van der Waals surface area contributed by atoms with Crippen molar-refractivity contribution in [2.45, 2.75) is 39.8 Å². The number of hydrogen-bond donors (Lipinski definition) is 2. The van der Waals surface area contributed by atoms with Crippen LogP contribution < -0.4 is 5.32 Å². The maximum atomic E-state index is 11.8. The SMILES string of the molecule is CC(C)N(CCNC(=O)c1nc(C(=O)O)cs1)C(C)C. The Bertz CT molecular complexity index is 463. The van der Waals surface area contributed by atoms with Crippen LogP contribution in [0, 0.1) is 0 Å². The van der Waals surface area contributed by atoms with E-state index < -0.39 is 5.97 Å². The molecule has 0 saturated heterocycles. The van der Waals surface area contributed by atoms with Crippen molar-refractivity contribution in [1.82, 2.24) is 15.2 Å². The number of carbonyl (C=O) groups is 2. The average Bonchev–Trinajstić information content (AvgIpc) is 2.82. The molecule has 0 unspecified atom stereocenters. The van der Waals surface area contributed by atoms with E-state index in [0.29, 0.717) is 18.6 Å². The van der Waals surface area contributed by atoms with E-state index in [1.165, 1.54) is 5.38 Å². The topological polar surface area (TPSA) is 82.5 Å². The number of carbonyl (C=O) groups excluding carboxylic acids is 1. The molecule has 0 spiro atoms. The van der Waals surface area contributed by atoms with E-state index in [-0.39, 0.29) is 16.6 Å². The predicted molar refractivity (Wildman–Crippen MR) is 78.4 cm³/mol. The van der Waals surface area contributed by atoms with Crippen molar-refractivity contribution in [3.63, 3.8) is 0 Å². The second kappa shape index (κ2) is 7.35. The molecule has 7 heteroatoms. The molecular weight excluding hydrogens is 278 g/mol. The molecule has 6 nitrogen and oxygen atoms in total. The molecule has 0 aliphatic carbocycles. The van der Waals surface area contributed by atoms with Gasteiger partial charge in [-0.25, -0.2) is 9.78 Å². The van der Waals surface area contributed by atoms with Gasteiger partial charge in [0.1, 0.15) is 0 Å². The molecule has 2 N–H and O–H groups in total. The first-order valence-electron chi connectivity index (χ1n) is 6.55. The van der Waals surface area contributed by atoms with Crippen LogP contribution in [-0.2, 0) is 0 Å². The number of carboxylic acid groups (broad SMARTS) is 1. The lowest BCUT2D eigenvalue weighted by Gasteiger charge is -2.30. The standard InChI is InChI=1S/C13H21N3O3S/c1-8(2)16(9(3)4)6-5-14-11(17)12-15-10(7-20-12)13(18)19/h7-9H,5-6H2,1-4H3,(H,14,17)(H,18,19). The number of aromatic carboxylic acids is 1. The van der Waals surface area contributed by atoms with E-state index in [1.807, 2.05) is 0 Å². The van der Waals surface area contributed by atoms with Gasteiger partial charge in [0.25, 0.3) is 5.91 Å². The minimum Gasteiger partial charge on any atom is -0.476 e. The molecule has 1 aromatic heterocycles. The molecule has 0 aliphatic rings. The van der Waals surface area contributed by atoms with Crippen molar-refractivity contribution >= 4 is 23.2 Å². The lowest BCUT2D eigenvalue weighted by Crippen LogP contribution is -2.42. The summed E-state index contributed by atoms with van der Waals surface area (Å²) in [5.41, 5.74) is -0.0915. The lowest BCUT2D eigenvalue weighted by atomic mass is 10.2. The first-order valence-corrected chi connectivity index (χ1v) is 7.43. The quantitative estimate of drug-likeness (QED) is 0.800. The van der Waals surface area contributed by atoms with Crippen molar-refractivity contribution in [2.24, 2.45) is 0 Å². The van der Waals surface area contributed by atoms with Crippen molar-refractivity contribution in [3.8, 4) is 0 Å². The average molecular weight is 299 g/mol. The highest BCUT2D eigenvalue weighted by molar-refractivity contribution is 7.11. The summed E-state index contributed by atoms with van der Waals surface area (Å²) in [4.78, 5) is 28.6. The molecule has 0 aliphatic heterocycles. The molecule has 20 heavy (non-hydrogen) atoms. The van der Waals surface area contributed by atoms with Gasteiger partial charge in [-0.1, -0.05) is 0 Å². The number of nitrogens with zero attached hydrogens (tertiary/aromatic N) is 2. The summed E-state index contributed by atoms with van der Waals surface area (Å²) in [6, 6.07) is 0.816. The van der Waals surface area contributed by atoms with E-state index in [9.17, 15) is 9.59 Å². The Morgan fingerprint density at radius 2 is 1.95 bits per heavy atom. The minimum absolute atomic E-state index is 0.0915. The number of aromatic nitrogens is 1. The third-order valence-corrected chi connectivity index (χ3v) is 3.74. The summed E-state index contributed by atoms with van der Waals surface area (Å²) < 4.78 is 0. The van der Waals surface area contributed by atoms with E-state index >= 15 is 0 Å². The number of nitrogens with one attached hydrogen (secondary N) is 1. The first-order chi connectivity index (χ1) is 9.32. The van der Waals surface area contributed by atoms with Crippen LogP contribution in [0.3, 0.4) is 0 Å². The number of thiazole rings is 1. The second-order valence-corrected chi connectivity index (χ2v) is 5.88. The molecule has 1 aromatic rings. The van der Waals surface area contributed by atoms with Gasteiger partial charge in [0, 0.05) is 30.6 Å². The fourth-order valence-electron chi connectivity index (χ4n) is 1.96. The fourth-order valence-corrected chi connectivity index (χ4v) is 2.67. The van der Waals surface area contributed by atoms with Gasteiger partial charge in [-0.15, -0.1) is 11.3 Å². The van der Waals surface area contributed by atoms with E-state index in [4.69, 9.17) is 5.11 Å². The van der Waals surface area contributed by atoms with Crippen LogP contribution in [0.5, 0.6) is 0 Å². The molecule has 0 fully saturated rings. The van der Waals surface area contributed by atoms with Crippen LogP contribution in [0.1, 0.15) is 48.0 Å². The molecule has 0 atom stereocenters. The highest BCUT2D eigenvalue weighted by Crippen LogP contribution is 2.09. The second-order valence-electron chi connectivity index (χ2n) is 5.02. The van der Waals surface area contributed by atoms with Crippen LogP contribution in [0.25, 0.3) is 0 Å². The summed E-state index contributed by atoms with van der Waals surface area (Å²) in [6.45, 7) is 9.71. The third-order valence-electron chi connectivity index (χ3n) is 2.90. The third kappa shape index (κ3) is 4.57.